The fraction of sp³-hybridized carbons (Fsp3) is 0.385. The molecule has 1 rings (SSSR count). The summed E-state index contributed by atoms with van der Waals surface area (Å²) in [5.41, 5.74) is 6.32. The lowest BCUT2D eigenvalue weighted by Gasteiger charge is -2.29. The number of hydrogen-bond donors (Lipinski definition) is 2. The first-order valence-electron chi connectivity index (χ1n) is 9.91. The van der Waals surface area contributed by atoms with Gasteiger partial charge in [-0.2, -0.15) is 0 Å². The predicted octanol–water partition coefficient (Wildman–Crippen LogP) is 6.82. The van der Waals surface area contributed by atoms with Gasteiger partial charge < -0.3 is 10.4 Å². The van der Waals surface area contributed by atoms with Crippen LogP contribution in [-0.2, 0) is 6.42 Å². The molecular formula is C26H37NO. The average molecular weight is 380 g/mol. The lowest BCUT2D eigenvalue weighted by atomic mass is 9.85. The summed E-state index contributed by atoms with van der Waals surface area (Å²) in [6.07, 6.45) is 3.43. The fourth-order valence-electron chi connectivity index (χ4n) is 3.22. The molecule has 0 saturated heterocycles. The van der Waals surface area contributed by atoms with Crippen LogP contribution in [0.4, 0.5) is 0 Å². The van der Waals surface area contributed by atoms with E-state index in [1.807, 2.05) is 19.9 Å². The van der Waals surface area contributed by atoms with Gasteiger partial charge in [0.1, 0.15) is 0 Å². The summed E-state index contributed by atoms with van der Waals surface area (Å²) >= 11 is 0. The molecule has 0 aliphatic carbocycles. The lowest BCUT2D eigenvalue weighted by molar-refractivity contribution is 0.321. The van der Waals surface area contributed by atoms with Crippen LogP contribution >= 0.6 is 0 Å². The minimum Gasteiger partial charge on any atom is -0.513 e. The Hall–Kier alpha value is -2.48. The highest BCUT2D eigenvalue weighted by Crippen LogP contribution is 2.26. The van der Waals surface area contributed by atoms with Gasteiger partial charge in [0.15, 0.2) is 0 Å². The van der Waals surface area contributed by atoms with Gasteiger partial charge in [-0.3, -0.25) is 0 Å². The zero-order valence-electron chi connectivity index (χ0n) is 18.3. The summed E-state index contributed by atoms with van der Waals surface area (Å²) in [5.74, 6) is 0.472. The van der Waals surface area contributed by atoms with E-state index in [4.69, 9.17) is 0 Å². The van der Waals surface area contributed by atoms with Gasteiger partial charge in [-0.25, -0.2) is 0 Å². The molecule has 0 aliphatic rings. The second-order valence-corrected chi connectivity index (χ2v) is 8.33. The number of benzene rings is 1. The second kappa shape index (κ2) is 10.8. The van der Waals surface area contributed by atoms with E-state index in [0.717, 1.165) is 23.3 Å². The quantitative estimate of drug-likeness (QED) is 0.251. The minimum absolute atomic E-state index is 0.0506. The smallest absolute Gasteiger partial charge is 0.0888 e. The van der Waals surface area contributed by atoms with Gasteiger partial charge in [-0.1, -0.05) is 87.2 Å². The summed E-state index contributed by atoms with van der Waals surface area (Å²) in [6.45, 7) is 26.8. The third kappa shape index (κ3) is 7.64. The summed E-state index contributed by atoms with van der Waals surface area (Å²) in [6, 6.07) is 8.46. The zero-order valence-corrected chi connectivity index (χ0v) is 18.3. The van der Waals surface area contributed by atoms with Crippen LogP contribution in [0.5, 0.6) is 0 Å². The van der Waals surface area contributed by atoms with Gasteiger partial charge in [-0.05, 0) is 50.7 Å². The second-order valence-electron chi connectivity index (χ2n) is 8.33. The van der Waals surface area contributed by atoms with E-state index in [0.29, 0.717) is 12.3 Å². The van der Waals surface area contributed by atoms with Gasteiger partial charge in [-0.15, -0.1) is 0 Å². The van der Waals surface area contributed by atoms with Crippen LogP contribution in [0.2, 0.25) is 0 Å². The lowest BCUT2D eigenvalue weighted by Crippen LogP contribution is -2.35. The molecule has 1 aromatic rings. The summed E-state index contributed by atoms with van der Waals surface area (Å²) in [4.78, 5) is 0. The molecule has 2 heteroatoms. The Morgan fingerprint density at radius 2 is 1.64 bits per heavy atom. The van der Waals surface area contributed by atoms with Crippen molar-refractivity contribution in [2.45, 2.75) is 53.5 Å². The number of nitrogens with one attached hydrogen (secondary N) is 1. The molecule has 0 spiro atoms. The first-order chi connectivity index (χ1) is 13.0. The number of rotatable bonds is 11. The molecule has 28 heavy (non-hydrogen) atoms. The maximum absolute atomic E-state index is 10.2. The normalized spacial score (nSPS) is 12.8. The molecule has 152 valence electrons. The monoisotopic (exact) mass is 379 g/mol. The van der Waals surface area contributed by atoms with Crippen molar-refractivity contribution in [3.8, 4) is 0 Å². The SMILES string of the molecule is C=C(C=C(C)C)C(=C)NC(C(=C)C[C@@H](Cc1ccc(C)cc1)C(=C)O)C(C)C. The van der Waals surface area contributed by atoms with E-state index in [-0.39, 0.29) is 17.7 Å². The van der Waals surface area contributed by atoms with Crippen LogP contribution in [0.25, 0.3) is 0 Å². The Bertz CT molecular complexity index is 745. The molecule has 2 N–H and O–H groups in total. The Morgan fingerprint density at radius 1 is 1.07 bits per heavy atom. The highest BCUT2D eigenvalue weighted by atomic mass is 16.3. The molecule has 0 radical (unpaired) electrons. The van der Waals surface area contributed by atoms with Gasteiger partial charge in [0.05, 0.1) is 5.76 Å². The average Bonchev–Trinajstić information content (AvgIpc) is 2.59. The largest absolute Gasteiger partial charge is 0.513 e. The third-order valence-corrected chi connectivity index (χ3v) is 4.87. The first kappa shape index (κ1) is 23.6. The standard InChI is InChI=1S/C26H37NO/c1-17(2)14-20(6)22(8)27-26(18(3)4)21(7)15-25(23(9)28)16-24-12-10-19(5)11-13-24/h10-14,18,25-28H,6-9,15-16H2,1-5H3/t25-,26?/m0/s1. The number of aryl methyl sites for hydroxylation is 1. The highest BCUT2D eigenvalue weighted by molar-refractivity contribution is 5.37. The summed E-state index contributed by atoms with van der Waals surface area (Å²) in [7, 11) is 0. The predicted molar refractivity (Wildman–Crippen MR) is 123 cm³/mol. The van der Waals surface area contributed by atoms with E-state index in [9.17, 15) is 5.11 Å². The third-order valence-electron chi connectivity index (χ3n) is 4.87. The molecule has 2 nitrogen and oxygen atoms in total. The van der Waals surface area contributed by atoms with Crippen LogP contribution in [0.15, 0.2) is 84.8 Å². The molecule has 1 aromatic carbocycles. The maximum atomic E-state index is 10.2. The van der Waals surface area contributed by atoms with Crippen LogP contribution in [0, 0.1) is 18.8 Å². The van der Waals surface area contributed by atoms with Crippen molar-refractivity contribution >= 4 is 0 Å². The zero-order chi connectivity index (χ0) is 21.4. The number of allylic oxidation sites excluding steroid dienone is 3. The van der Waals surface area contributed by atoms with Crippen LogP contribution in [0.3, 0.4) is 0 Å². The number of hydrogen-bond acceptors (Lipinski definition) is 2. The van der Waals surface area contributed by atoms with Crippen molar-refractivity contribution in [3.63, 3.8) is 0 Å². The molecule has 2 atom stereocenters. The minimum atomic E-state index is -0.0625. The van der Waals surface area contributed by atoms with Crippen molar-refractivity contribution < 1.29 is 5.11 Å². The van der Waals surface area contributed by atoms with Crippen molar-refractivity contribution in [2.24, 2.45) is 11.8 Å². The summed E-state index contributed by atoms with van der Waals surface area (Å²) in [5, 5.41) is 13.7. The van der Waals surface area contributed by atoms with Gasteiger partial charge >= 0.3 is 0 Å². The van der Waals surface area contributed by atoms with Crippen molar-refractivity contribution in [2.75, 3.05) is 0 Å². The summed E-state index contributed by atoms with van der Waals surface area (Å²) < 4.78 is 0. The van der Waals surface area contributed by atoms with Crippen molar-refractivity contribution in [3.05, 3.63) is 96.0 Å². The van der Waals surface area contributed by atoms with E-state index in [1.165, 1.54) is 16.7 Å². The Kier molecular flexibility index (Phi) is 9.05. The van der Waals surface area contributed by atoms with Crippen molar-refractivity contribution in [1.29, 1.82) is 0 Å². The molecule has 0 fully saturated rings. The molecule has 0 heterocycles. The van der Waals surface area contributed by atoms with Crippen molar-refractivity contribution in [1.82, 2.24) is 5.32 Å². The van der Waals surface area contributed by atoms with E-state index in [1.54, 1.807) is 0 Å². The number of aliphatic hydroxyl groups excluding tert-OH is 1. The van der Waals surface area contributed by atoms with Crippen LogP contribution < -0.4 is 5.32 Å². The molecule has 0 amide bonds. The first-order valence-corrected chi connectivity index (χ1v) is 9.91. The van der Waals surface area contributed by atoms with Crippen LogP contribution in [-0.4, -0.2) is 11.1 Å². The van der Waals surface area contributed by atoms with Gasteiger partial charge in [0.25, 0.3) is 0 Å². The Balaban J connectivity index is 2.88. The Labute approximate surface area is 172 Å². The topological polar surface area (TPSA) is 32.3 Å². The highest BCUT2D eigenvalue weighted by Gasteiger charge is 2.22. The van der Waals surface area contributed by atoms with Gasteiger partial charge in [0, 0.05) is 17.7 Å². The number of aliphatic hydroxyl groups is 1. The molecule has 0 aromatic heterocycles. The van der Waals surface area contributed by atoms with E-state index in [2.05, 4.69) is 76.7 Å². The molecule has 0 saturated carbocycles. The fourth-order valence-corrected chi connectivity index (χ4v) is 3.22. The molecule has 0 bridgehead atoms. The maximum Gasteiger partial charge on any atom is 0.0888 e. The van der Waals surface area contributed by atoms with Gasteiger partial charge in [0.2, 0.25) is 0 Å². The van der Waals surface area contributed by atoms with E-state index < -0.39 is 0 Å². The molecule has 0 aliphatic heterocycles. The molecular weight excluding hydrogens is 342 g/mol. The Morgan fingerprint density at radius 3 is 2.11 bits per heavy atom. The molecule has 1 unspecified atom stereocenters. The van der Waals surface area contributed by atoms with E-state index >= 15 is 0 Å². The van der Waals surface area contributed by atoms with Crippen LogP contribution in [0.1, 0.15) is 45.2 Å².